The van der Waals surface area contributed by atoms with Crippen molar-refractivity contribution in [1.82, 2.24) is 10.2 Å². The van der Waals surface area contributed by atoms with Crippen LogP contribution in [0, 0.1) is 0 Å². The first kappa shape index (κ1) is 12.9. The van der Waals surface area contributed by atoms with Gasteiger partial charge < -0.3 is 14.6 Å². The molecule has 0 aliphatic rings. The number of nitrogens with one attached hydrogen (secondary N) is 1. The van der Waals surface area contributed by atoms with Gasteiger partial charge in [0.1, 0.15) is 0 Å². The first-order chi connectivity index (χ1) is 8.77. The second kappa shape index (κ2) is 6.38. The smallest absolute Gasteiger partial charge is 0.0947 e. The zero-order valence-corrected chi connectivity index (χ0v) is 11.0. The van der Waals surface area contributed by atoms with Crippen LogP contribution in [0.2, 0.25) is 0 Å². The minimum atomic E-state index is 0.387. The van der Waals surface area contributed by atoms with Gasteiger partial charge in [-0.15, -0.1) is 0 Å². The summed E-state index contributed by atoms with van der Waals surface area (Å²) in [5.74, 6) is 0. The molecule has 18 heavy (non-hydrogen) atoms. The molecular weight excluding hydrogens is 224 g/mol. The fourth-order valence-electron chi connectivity index (χ4n) is 2.02. The quantitative estimate of drug-likeness (QED) is 0.847. The lowest BCUT2D eigenvalue weighted by molar-refractivity contribution is 0.288. The molecule has 1 unspecified atom stereocenters. The summed E-state index contributed by atoms with van der Waals surface area (Å²) in [5, 5.41) is 3.47. The molecule has 0 aliphatic carbocycles. The molecule has 1 N–H and O–H groups in total. The molecule has 3 nitrogen and oxygen atoms in total. The third kappa shape index (κ3) is 3.45. The van der Waals surface area contributed by atoms with E-state index in [1.165, 1.54) is 11.1 Å². The van der Waals surface area contributed by atoms with Crippen molar-refractivity contribution in [3.05, 3.63) is 60.1 Å². The van der Waals surface area contributed by atoms with Gasteiger partial charge in [0.05, 0.1) is 12.5 Å². The van der Waals surface area contributed by atoms with Gasteiger partial charge in [0.2, 0.25) is 0 Å². The van der Waals surface area contributed by atoms with E-state index in [0.717, 1.165) is 13.1 Å². The Balaban J connectivity index is 1.91. The monoisotopic (exact) mass is 244 g/mol. The van der Waals surface area contributed by atoms with E-state index >= 15 is 0 Å². The van der Waals surface area contributed by atoms with Crippen LogP contribution in [0.15, 0.2) is 53.3 Å². The van der Waals surface area contributed by atoms with Crippen LogP contribution in [0.4, 0.5) is 0 Å². The number of hydrogen-bond acceptors (Lipinski definition) is 3. The molecular formula is C15H20N2O. The highest BCUT2D eigenvalue weighted by Crippen LogP contribution is 2.16. The normalized spacial score (nSPS) is 12.8. The van der Waals surface area contributed by atoms with Gasteiger partial charge in [0, 0.05) is 24.7 Å². The van der Waals surface area contributed by atoms with Crippen LogP contribution in [0.25, 0.3) is 0 Å². The zero-order valence-electron chi connectivity index (χ0n) is 11.0. The predicted molar refractivity (Wildman–Crippen MR) is 73.3 cm³/mol. The van der Waals surface area contributed by atoms with E-state index in [1.807, 2.05) is 6.07 Å². The average molecular weight is 244 g/mol. The van der Waals surface area contributed by atoms with Crippen molar-refractivity contribution >= 4 is 0 Å². The third-order valence-corrected chi connectivity index (χ3v) is 3.05. The van der Waals surface area contributed by atoms with Gasteiger partial charge in [-0.3, -0.25) is 0 Å². The number of benzene rings is 1. The summed E-state index contributed by atoms with van der Waals surface area (Å²) in [4.78, 5) is 2.23. The van der Waals surface area contributed by atoms with Crippen LogP contribution in [0.5, 0.6) is 0 Å². The van der Waals surface area contributed by atoms with E-state index in [9.17, 15) is 0 Å². The molecule has 0 amide bonds. The molecule has 0 spiro atoms. The lowest BCUT2D eigenvalue weighted by Crippen LogP contribution is -2.30. The van der Waals surface area contributed by atoms with Crippen LogP contribution < -0.4 is 5.32 Å². The van der Waals surface area contributed by atoms with Crippen molar-refractivity contribution in [3.63, 3.8) is 0 Å². The van der Waals surface area contributed by atoms with E-state index in [-0.39, 0.29) is 0 Å². The first-order valence-electron chi connectivity index (χ1n) is 6.20. The van der Waals surface area contributed by atoms with Crippen molar-refractivity contribution < 1.29 is 4.42 Å². The fourth-order valence-corrected chi connectivity index (χ4v) is 2.02. The number of nitrogens with zero attached hydrogens (tertiary/aromatic N) is 1. The molecule has 1 aromatic heterocycles. The van der Waals surface area contributed by atoms with Gasteiger partial charge in [-0.25, -0.2) is 0 Å². The van der Waals surface area contributed by atoms with Gasteiger partial charge in [-0.05, 0) is 25.7 Å². The molecule has 3 heteroatoms. The molecule has 2 rings (SSSR count). The standard InChI is InChI=1S/C15H20N2O/c1-17(2)15(14-6-4-3-5-7-14)11-16-10-13-8-9-18-12-13/h3-9,12,15-16H,10-11H2,1-2H3. The summed E-state index contributed by atoms with van der Waals surface area (Å²) in [6, 6.07) is 12.9. The van der Waals surface area contributed by atoms with Crippen molar-refractivity contribution in [2.45, 2.75) is 12.6 Å². The van der Waals surface area contributed by atoms with Gasteiger partial charge >= 0.3 is 0 Å². The van der Waals surface area contributed by atoms with Crippen LogP contribution in [-0.4, -0.2) is 25.5 Å². The van der Waals surface area contributed by atoms with Crippen LogP contribution in [-0.2, 0) is 6.54 Å². The zero-order chi connectivity index (χ0) is 12.8. The topological polar surface area (TPSA) is 28.4 Å². The summed E-state index contributed by atoms with van der Waals surface area (Å²) in [5.41, 5.74) is 2.52. The Kier molecular flexibility index (Phi) is 4.56. The second-order valence-corrected chi connectivity index (χ2v) is 4.65. The molecule has 1 heterocycles. The molecule has 0 radical (unpaired) electrons. The second-order valence-electron chi connectivity index (χ2n) is 4.65. The Morgan fingerprint density at radius 1 is 1.17 bits per heavy atom. The van der Waals surface area contributed by atoms with E-state index in [2.05, 4.69) is 54.6 Å². The Morgan fingerprint density at radius 3 is 2.56 bits per heavy atom. The minimum absolute atomic E-state index is 0.387. The third-order valence-electron chi connectivity index (χ3n) is 3.05. The first-order valence-corrected chi connectivity index (χ1v) is 6.20. The Bertz CT molecular complexity index is 437. The molecule has 0 saturated heterocycles. The maximum Gasteiger partial charge on any atom is 0.0947 e. The molecule has 1 aromatic carbocycles. The van der Waals surface area contributed by atoms with Gasteiger partial charge in [-0.1, -0.05) is 30.3 Å². The van der Waals surface area contributed by atoms with E-state index in [0.29, 0.717) is 6.04 Å². The maximum atomic E-state index is 5.05. The highest BCUT2D eigenvalue weighted by Gasteiger charge is 2.12. The summed E-state index contributed by atoms with van der Waals surface area (Å²) in [7, 11) is 4.22. The Labute approximate surface area is 108 Å². The molecule has 1 atom stereocenters. The number of likely N-dealkylation sites (N-methyl/N-ethyl adjacent to an activating group) is 1. The molecule has 96 valence electrons. The van der Waals surface area contributed by atoms with Crippen molar-refractivity contribution in [1.29, 1.82) is 0 Å². The number of hydrogen-bond donors (Lipinski definition) is 1. The lowest BCUT2D eigenvalue weighted by atomic mass is 10.1. The SMILES string of the molecule is CN(C)C(CNCc1ccoc1)c1ccccc1. The largest absolute Gasteiger partial charge is 0.472 e. The molecule has 0 fully saturated rings. The van der Waals surface area contributed by atoms with Crippen molar-refractivity contribution in [2.24, 2.45) is 0 Å². The number of rotatable bonds is 6. The average Bonchev–Trinajstić information content (AvgIpc) is 2.88. The van der Waals surface area contributed by atoms with Crippen LogP contribution in [0.3, 0.4) is 0 Å². The maximum absolute atomic E-state index is 5.05. The van der Waals surface area contributed by atoms with Gasteiger partial charge in [-0.2, -0.15) is 0 Å². The van der Waals surface area contributed by atoms with E-state index < -0.39 is 0 Å². The van der Waals surface area contributed by atoms with Crippen molar-refractivity contribution in [2.75, 3.05) is 20.6 Å². The number of furan rings is 1. The lowest BCUT2D eigenvalue weighted by Gasteiger charge is -2.25. The molecule has 2 aromatic rings. The van der Waals surface area contributed by atoms with Crippen LogP contribution >= 0.6 is 0 Å². The molecule has 0 saturated carbocycles. The van der Waals surface area contributed by atoms with Crippen LogP contribution in [0.1, 0.15) is 17.2 Å². The van der Waals surface area contributed by atoms with E-state index in [4.69, 9.17) is 4.42 Å². The highest BCUT2D eigenvalue weighted by atomic mass is 16.3. The molecule has 0 aliphatic heterocycles. The van der Waals surface area contributed by atoms with Gasteiger partial charge in [0.15, 0.2) is 0 Å². The molecule has 0 bridgehead atoms. The van der Waals surface area contributed by atoms with E-state index in [1.54, 1.807) is 12.5 Å². The summed E-state index contributed by atoms with van der Waals surface area (Å²) < 4.78 is 5.05. The Morgan fingerprint density at radius 2 is 1.94 bits per heavy atom. The van der Waals surface area contributed by atoms with Crippen molar-refractivity contribution in [3.8, 4) is 0 Å². The summed E-state index contributed by atoms with van der Waals surface area (Å²) in [6.45, 7) is 1.76. The Hall–Kier alpha value is -1.58. The summed E-state index contributed by atoms with van der Waals surface area (Å²) >= 11 is 0. The summed E-state index contributed by atoms with van der Waals surface area (Å²) in [6.07, 6.45) is 3.48. The predicted octanol–water partition coefficient (Wildman–Crippen LogP) is 2.67. The van der Waals surface area contributed by atoms with Gasteiger partial charge in [0.25, 0.3) is 0 Å². The fraction of sp³-hybridized carbons (Fsp3) is 0.333. The minimum Gasteiger partial charge on any atom is -0.472 e. The highest BCUT2D eigenvalue weighted by molar-refractivity contribution is 5.19.